The fourth-order valence-electron chi connectivity index (χ4n) is 3.94. The van der Waals surface area contributed by atoms with Crippen LogP contribution in [0.4, 0.5) is 5.69 Å². The van der Waals surface area contributed by atoms with Crippen LogP contribution in [-0.4, -0.2) is 32.3 Å². The lowest BCUT2D eigenvalue weighted by Crippen LogP contribution is -2.52. The van der Waals surface area contributed by atoms with E-state index in [0.29, 0.717) is 5.54 Å². The van der Waals surface area contributed by atoms with Crippen molar-refractivity contribution in [1.29, 1.82) is 0 Å². The van der Waals surface area contributed by atoms with Gasteiger partial charge in [-0.1, -0.05) is 25.3 Å². The number of methoxy groups -OCH3 is 1. The Labute approximate surface area is 128 Å². The molecule has 0 atom stereocenters. The molecule has 1 aromatic carbocycles. The Kier molecular flexibility index (Phi) is 4.39. The summed E-state index contributed by atoms with van der Waals surface area (Å²) < 4.78 is 5.61. The quantitative estimate of drug-likeness (QED) is 0.901. The first-order chi connectivity index (χ1) is 10.2. The molecule has 1 saturated carbocycles. The van der Waals surface area contributed by atoms with Crippen molar-refractivity contribution in [2.45, 2.75) is 51.0 Å². The van der Waals surface area contributed by atoms with Gasteiger partial charge in [0.15, 0.2) is 0 Å². The number of benzene rings is 1. The number of aryl methyl sites for hydroxylation is 1. The Balaban J connectivity index is 1.88. The van der Waals surface area contributed by atoms with Crippen LogP contribution < -0.4 is 15.0 Å². The molecule has 0 aromatic heterocycles. The molecule has 1 spiro atoms. The van der Waals surface area contributed by atoms with Crippen LogP contribution in [0.1, 0.15) is 44.1 Å². The van der Waals surface area contributed by atoms with Crippen molar-refractivity contribution >= 4 is 5.69 Å². The first kappa shape index (κ1) is 14.7. The van der Waals surface area contributed by atoms with Gasteiger partial charge in [0.25, 0.3) is 0 Å². The van der Waals surface area contributed by atoms with Crippen molar-refractivity contribution in [3.63, 3.8) is 0 Å². The molecule has 3 nitrogen and oxygen atoms in total. The third-order valence-electron chi connectivity index (χ3n) is 5.08. The van der Waals surface area contributed by atoms with Gasteiger partial charge >= 0.3 is 0 Å². The van der Waals surface area contributed by atoms with Crippen molar-refractivity contribution in [1.82, 2.24) is 5.32 Å². The van der Waals surface area contributed by atoms with Gasteiger partial charge in [0.05, 0.1) is 12.8 Å². The normalized spacial score (nSPS) is 22.1. The largest absolute Gasteiger partial charge is 0.495 e. The standard InChI is InChI=1S/C18H28N2O/c1-15-7-8-17(21-2)16(13-15)20-12-6-11-19-18(14-20)9-4-3-5-10-18/h7-8,13,19H,3-6,9-12,14H2,1-2H3. The zero-order chi connectivity index (χ0) is 14.7. The molecule has 3 rings (SSSR count). The van der Waals surface area contributed by atoms with Crippen LogP contribution in [0, 0.1) is 6.92 Å². The molecule has 1 heterocycles. The maximum Gasteiger partial charge on any atom is 0.142 e. The SMILES string of the molecule is COc1ccc(C)cc1N1CCCNC2(CCCCC2)C1. The van der Waals surface area contributed by atoms with Crippen molar-refractivity contribution in [2.75, 3.05) is 31.6 Å². The zero-order valence-corrected chi connectivity index (χ0v) is 13.5. The van der Waals surface area contributed by atoms with Crippen molar-refractivity contribution in [2.24, 2.45) is 0 Å². The molecule has 116 valence electrons. The number of hydrogen-bond donors (Lipinski definition) is 1. The lowest BCUT2D eigenvalue weighted by atomic mass is 9.81. The van der Waals surface area contributed by atoms with E-state index in [0.717, 1.165) is 25.4 Å². The fraction of sp³-hybridized carbons (Fsp3) is 0.667. The molecular weight excluding hydrogens is 260 g/mol. The molecule has 2 fully saturated rings. The maximum absolute atomic E-state index is 5.61. The summed E-state index contributed by atoms with van der Waals surface area (Å²) in [5, 5.41) is 3.87. The Morgan fingerprint density at radius 3 is 2.71 bits per heavy atom. The number of nitrogens with one attached hydrogen (secondary N) is 1. The van der Waals surface area contributed by atoms with E-state index < -0.39 is 0 Å². The molecular formula is C18H28N2O. The minimum atomic E-state index is 0.323. The second-order valence-corrected chi connectivity index (χ2v) is 6.72. The monoisotopic (exact) mass is 288 g/mol. The highest BCUT2D eigenvalue weighted by Crippen LogP contribution is 2.35. The molecule has 21 heavy (non-hydrogen) atoms. The van der Waals surface area contributed by atoms with Gasteiger partial charge in [-0.25, -0.2) is 0 Å². The highest BCUT2D eigenvalue weighted by Gasteiger charge is 2.35. The Morgan fingerprint density at radius 1 is 1.14 bits per heavy atom. The van der Waals surface area contributed by atoms with Crippen LogP contribution in [0.5, 0.6) is 5.75 Å². The van der Waals surface area contributed by atoms with Crippen LogP contribution in [0.15, 0.2) is 18.2 Å². The lowest BCUT2D eigenvalue weighted by Gasteiger charge is -2.40. The summed E-state index contributed by atoms with van der Waals surface area (Å²) in [7, 11) is 1.78. The van der Waals surface area contributed by atoms with E-state index in [1.807, 2.05) is 0 Å². The average Bonchev–Trinajstić information content (AvgIpc) is 2.71. The molecule has 1 aromatic rings. The van der Waals surface area contributed by atoms with E-state index in [4.69, 9.17) is 4.74 Å². The van der Waals surface area contributed by atoms with Crippen LogP contribution in [0.3, 0.4) is 0 Å². The first-order valence-electron chi connectivity index (χ1n) is 8.37. The molecule has 0 bridgehead atoms. The summed E-state index contributed by atoms with van der Waals surface area (Å²) in [4.78, 5) is 2.55. The molecule has 0 amide bonds. The minimum absolute atomic E-state index is 0.323. The third kappa shape index (κ3) is 3.18. The zero-order valence-electron chi connectivity index (χ0n) is 13.5. The lowest BCUT2D eigenvalue weighted by molar-refractivity contribution is 0.246. The fourth-order valence-corrected chi connectivity index (χ4v) is 3.94. The van der Waals surface area contributed by atoms with Gasteiger partial charge < -0.3 is 15.0 Å². The predicted molar refractivity (Wildman–Crippen MR) is 88.4 cm³/mol. The molecule has 1 aliphatic carbocycles. The van der Waals surface area contributed by atoms with Gasteiger partial charge in [-0.15, -0.1) is 0 Å². The topological polar surface area (TPSA) is 24.5 Å². The number of rotatable bonds is 2. The Morgan fingerprint density at radius 2 is 1.95 bits per heavy atom. The van der Waals surface area contributed by atoms with Gasteiger partial charge in [0.1, 0.15) is 5.75 Å². The van der Waals surface area contributed by atoms with Crippen LogP contribution >= 0.6 is 0 Å². The van der Waals surface area contributed by atoms with Crippen molar-refractivity contribution < 1.29 is 4.74 Å². The molecule has 0 radical (unpaired) electrons. The van der Waals surface area contributed by atoms with Gasteiger partial charge in [0.2, 0.25) is 0 Å². The van der Waals surface area contributed by atoms with E-state index in [-0.39, 0.29) is 0 Å². The van der Waals surface area contributed by atoms with Crippen LogP contribution in [0.25, 0.3) is 0 Å². The van der Waals surface area contributed by atoms with Crippen molar-refractivity contribution in [3.05, 3.63) is 23.8 Å². The molecule has 1 saturated heterocycles. The summed E-state index contributed by atoms with van der Waals surface area (Å²) in [6.45, 7) is 5.54. The summed E-state index contributed by atoms with van der Waals surface area (Å²) in [5.41, 5.74) is 2.90. The maximum atomic E-state index is 5.61. The average molecular weight is 288 g/mol. The number of nitrogens with zero attached hydrogens (tertiary/aromatic N) is 1. The summed E-state index contributed by atoms with van der Waals surface area (Å²) in [6, 6.07) is 6.52. The number of anilines is 1. The van der Waals surface area contributed by atoms with Crippen LogP contribution in [-0.2, 0) is 0 Å². The highest BCUT2D eigenvalue weighted by molar-refractivity contribution is 5.60. The summed E-state index contributed by atoms with van der Waals surface area (Å²) >= 11 is 0. The predicted octanol–water partition coefficient (Wildman–Crippen LogP) is 3.51. The molecule has 3 heteroatoms. The van der Waals surface area contributed by atoms with Gasteiger partial charge in [-0.05, 0) is 50.4 Å². The third-order valence-corrected chi connectivity index (χ3v) is 5.08. The Bertz CT molecular complexity index is 480. The molecule has 2 aliphatic rings. The van der Waals surface area contributed by atoms with E-state index in [2.05, 4.69) is 35.3 Å². The Hall–Kier alpha value is -1.22. The second kappa shape index (κ2) is 6.27. The highest BCUT2D eigenvalue weighted by atomic mass is 16.5. The van der Waals surface area contributed by atoms with E-state index >= 15 is 0 Å². The molecule has 1 N–H and O–H groups in total. The van der Waals surface area contributed by atoms with E-state index in [1.54, 1.807) is 7.11 Å². The minimum Gasteiger partial charge on any atom is -0.495 e. The molecule has 1 aliphatic heterocycles. The van der Waals surface area contributed by atoms with E-state index in [1.165, 1.54) is 49.8 Å². The smallest absolute Gasteiger partial charge is 0.142 e. The molecule has 0 unspecified atom stereocenters. The summed E-state index contributed by atoms with van der Waals surface area (Å²) in [5.74, 6) is 1.01. The summed E-state index contributed by atoms with van der Waals surface area (Å²) in [6.07, 6.45) is 7.98. The van der Waals surface area contributed by atoms with Gasteiger partial charge in [-0.3, -0.25) is 0 Å². The number of ether oxygens (including phenoxy) is 1. The van der Waals surface area contributed by atoms with Gasteiger partial charge in [-0.2, -0.15) is 0 Å². The number of hydrogen-bond acceptors (Lipinski definition) is 3. The van der Waals surface area contributed by atoms with Crippen molar-refractivity contribution in [3.8, 4) is 5.75 Å². The first-order valence-corrected chi connectivity index (χ1v) is 8.37. The second-order valence-electron chi connectivity index (χ2n) is 6.72. The van der Waals surface area contributed by atoms with E-state index in [9.17, 15) is 0 Å². The van der Waals surface area contributed by atoms with Crippen LogP contribution in [0.2, 0.25) is 0 Å². The van der Waals surface area contributed by atoms with Gasteiger partial charge in [0, 0.05) is 18.6 Å².